The van der Waals surface area contributed by atoms with Crippen molar-refractivity contribution in [2.24, 2.45) is 7.05 Å². The lowest BCUT2D eigenvalue weighted by molar-refractivity contribution is 0.101. The number of hydrogen-bond acceptors (Lipinski definition) is 5. The Hall–Kier alpha value is -2.68. The summed E-state index contributed by atoms with van der Waals surface area (Å²) in [7, 11) is -0.916. The molecule has 24 heavy (non-hydrogen) atoms. The zero-order chi connectivity index (χ0) is 17.8. The first-order chi connectivity index (χ1) is 11.1. The SMILES string of the molecule is Cc1[nH]n(C)c(=O)c1C(=O)c1ccc2c(c1)N(C)S(=O)(=O)CC2=O. The molecule has 0 amide bonds. The summed E-state index contributed by atoms with van der Waals surface area (Å²) in [4.78, 5) is 36.7. The second-order valence-electron chi connectivity index (χ2n) is 5.68. The van der Waals surface area contributed by atoms with E-state index < -0.39 is 32.9 Å². The third-order valence-corrected chi connectivity index (χ3v) is 5.74. The lowest BCUT2D eigenvalue weighted by Crippen LogP contribution is -2.38. The fraction of sp³-hybridized carbons (Fsp3) is 0.267. The van der Waals surface area contributed by atoms with E-state index in [-0.39, 0.29) is 22.4 Å². The van der Waals surface area contributed by atoms with Crippen LogP contribution in [0.1, 0.15) is 32.0 Å². The van der Waals surface area contributed by atoms with Gasteiger partial charge >= 0.3 is 0 Å². The van der Waals surface area contributed by atoms with Gasteiger partial charge in [-0.15, -0.1) is 0 Å². The molecule has 1 N–H and O–H groups in total. The van der Waals surface area contributed by atoms with E-state index in [9.17, 15) is 22.8 Å². The zero-order valence-corrected chi connectivity index (χ0v) is 14.1. The zero-order valence-electron chi connectivity index (χ0n) is 13.3. The fourth-order valence-electron chi connectivity index (χ4n) is 2.76. The summed E-state index contributed by atoms with van der Waals surface area (Å²) in [6, 6.07) is 4.18. The van der Waals surface area contributed by atoms with Crippen LogP contribution in [0.15, 0.2) is 23.0 Å². The molecule has 0 radical (unpaired) electrons. The molecule has 1 aromatic heterocycles. The van der Waals surface area contributed by atoms with Crippen molar-refractivity contribution >= 4 is 27.3 Å². The van der Waals surface area contributed by atoms with E-state index in [4.69, 9.17) is 0 Å². The highest BCUT2D eigenvalue weighted by atomic mass is 32.2. The van der Waals surface area contributed by atoms with E-state index in [1.807, 2.05) is 0 Å². The van der Waals surface area contributed by atoms with E-state index in [0.717, 1.165) is 4.31 Å². The second kappa shape index (κ2) is 5.17. The van der Waals surface area contributed by atoms with Gasteiger partial charge in [-0.05, 0) is 19.1 Å². The Morgan fingerprint density at radius 2 is 1.88 bits per heavy atom. The molecule has 8 nitrogen and oxygen atoms in total. The molecule has 0 bridgehead atoms. The summed E-state index contributed by atoms with van der Waals surface area (Å²) in [5.41, 5.74) is 0.467. The van der Waals surface area contributed by atoms with Gasteiger partial charge in [-0.2, -0.15) is 0 Å². The summed E-state index contributed by atoms with van der Waals surface area (Å²) in [6.07, 6.45) is 0. The number of carbonyl (C=O) groups is 2. The second-order valence-corrected chi connectivity index (χ2v) is 7.68. The number of aromatic amines is 1. The Morgan fingerprint density at radius 1 is 1.21 bits per heavy atom. The molecule has 0 atom stereocenters. The molecule has 0 spiro atoms. The van der Waals surface area contributed by atoms with Crippen LogP contribution in [0.5, 0.6) is 0 Å². The number of ketones is 2. The monoisotopic (exact) mass is 349 g/mol. The summed E-state index contributed by atoms with van der Waals surface area (Å²) >= 11 is 0. The standard InChI is InChI=1S/C15H15N3O5S/c1-8-13(15(21)17(2)16-8)14(20)9-4-5-10-11(6-9)18(3)24(22,23)7-12(10)19/h4-6,16H,7H2,1-3H3. The van der Waals surface area contributed by atoms with Crippen molar-refractivity contribution in [3.63, 3.8) is 0 Å². The van der Waals surface area contributed by atoms with Crippen LogP contribution in [0, 0.1) is 6.92 Å². The molecule has 3 rings (SSSR count). The third-order valence-electron chi connectivity index (χ3n) is 4.09. The molecule has 2 heterocycles. The Labute approximate surface area is 137 Å². The fourth-order valence-corrected chi connectivity index (χ4v) is 3.89. The van der Waals surface area contributed by atoms with Gasteiger partial charge in [-0.25, -0.2) is 8.42 Å². The smallest absolute Gasteiger partial charge is 0.277 e. The third kappa shape index (κ3) is 2.28. The summed E-state index contributed by atoms with van der Waals surface area (Å²) in [6.45, 7) is 1.60. The minimum Gasteiger partial charge on any atom is -0.299 e. The molecule has 1 aliphatic heterocycles. The first-order valence-electron chi connectivity index (χ1n) is 7.07. The van der Waals surface area contributed by atoms with Crippen molar-refractivity contribution in [3.05, 3.63) is 50.9 Å². The van der Waals surface area contributed by atoms with Gasteiger partial charge in [-0.1, -0.05) is 6.07 Å². The molecule has 126 valence electrons. The van der Waals surface area contributed by atoms with Gasteiger partial charge in [0.05, 0.1) is 5.69 Å². The summed E-state index contributed by atoms with van der Waals surface area (Å²) in [5.74, 6) is -1.64. The molecule has 0 fully saturated rings. The number of H-pyrrole nitrogens is 1. The van der Waals surface area contributed by atoms with Crippen molar-refractivity contribution in [3.8, 4) is 0 Å². The first-order valence-corrected chi connectivity index (χ1v) is 8.68. The van der Waals surface area contributed by atoms with E-state index >= 15 is 0 Å². The molecule has 0 unspecified atom stereocenters. The Bertz CT molecular complexity index is 1050. The molecule has 1 aromatic carbocycles. The van der Waals surface area contributed by atoms with Gasteiger partial charge in [-0.3, -0.25) is 28.5 Å². The topological polar surface area (TPSA) is 109 Å². The Kier molecular flexibility index (Phi) is 3.48. The minimum absolute atomic E-state index is 0.00917. The number of Topliss-reactive ketones (excluding diaryl/α,β-unsaturated/α-hetero) is 1. The van der Waals surface area contributed by atoms with Crippen LogP contribution >= 0.6 is 0 Å². The van der Waals surface area contributed by atoms with Crippen molar-refractivity contribution in [2.45, 2.75) is 6.92 Å². The van der Waals surface area contributed by atoms with Crippen LogP contribution in [0.3, 0.4) is 0 Å². The molecule has 2 aromatic rings. The lowest BCUT2D eigenvalue weighted by atomic mass is 9.99. The predicted octanol–water partition coefficient (Wildman–Crippen LogP) is 0.215. The van der Waals surface area contributed by atoms with Crippen molar-refractivity contribution in [1.29, 1.82) is 0 Å². The van der Waals surface area contributed by atoms with E-state index in [2.05, 4.69) is 5.10 Å². The highest BCUT2D eigenvalue weighted by Gasteiger charge is 2.33. The average molecular weight is 349 g/mol. The highest BCUT2D eigenvalue weighted by molar-refractivity contribution is 7.93. The highest BCUT2D eigenvalue weighted by Crippen LogP contribution is 2.29. The van der Waals surface area contributed by atoms with E-state index in [1.54, 1.807) is 6.92 Å². The number of anilines is 1. The number of benzene rings is 1. The number of aromatic nitrogens is 2. The molecular formula is C15H15N3O5S. The maximum absolute atomic E-state index is 12.7. The lowest BCUT2D eigenvalue weighted by Gasteiger charge is -2.26. The largest absolute Gasteiger partial charge is 0.299 e. The van der Waals surface area contributed by atoms with Gasteiger partial charge in [0.25, 0.3) is 5.56 Å². The van der Waals surface area contributed by atoms with Crippen LogP contribution in [0.4, 0.5) is 5.69 Å². The van der Waals surface area contributed by atoms with E-state index in [0.29, 0.717) is 5.69 Å². The molecule has 9 heteroatoms. The van der Waals surface area contributed by atoms with Gasteiger partial charge in [0.2, 0.25) is 15.8 Å². The van der Waals surface area contributed by atoms with Crippen LogP contribution in [0.25, 0.3) is 0 Å². The van der Waals surface area contributed by atoms with Crippen molar-refractivity contribution < 1.29 is 18.0 Å². The van der Waals surface area contributed by atoms with Crippen molar-refractivity contribution in [2.75, 3.05) is 17.1 Å². The van der Waals surface area contributed by atoms with E-state index in [1.165, 1.54) is 37.0 Å². The number of sulfonamides is 1. The molecule has 0 aliphatic carbocycles. The number of carbonyl (C=O) groups excluding carboxylic acids is 2. The van der Waals surface area contributed by atoms with Crippen LogP contribution in [0.2, 0.25) is 0 Å². The van der Waals surface area contributed by atoms with Crippen LogP contribution in [-0.2, 0) is 17.1 Å². The summed E-state index contributed by atoms with van der Waals surface area (Å²) in [5, 5.41) is 2.74. The quantitative estimate of drug-likeness (QED) is 0.780. The molecule has 0 saturated heterocycles. The van der Waals surface area contributed by atoms with Crippen LogP contribution in [-0.4, -0.2) is 42.6 Å². The van der Waals surface area contributed by atoms with Crippen molar-refractivity contribution in [1.82, 2.24) is 9.78 Å². The molecular weight excluding hydrogens is 334 g/mol. The van der Waals surface area contributed by atoms with Gasteiger partial charge < -0.3 is 0 Å². The normalized spacial score (nSPS) is 16.1. The Morgan fingerprint density at radius 3 is 2.46 bits per heavy atom. The van der Waals surface area contributed by atoms with Crippen LogP contribution < -0.4 is 9.86 Å². The number of nitrogens with zero attached hydrogens (tertiary/aromatic N) is 2. The molecule has 1 aliphatic rings. The summed E-state index contributed by atoms with van der Waals surface area (Å²) < 4.78 is 26.1. The molecule has 0 saturated carbocycles. The minimum atomic E-state index is -3.74. The number of nitrogens with one attached hydrogen (secondary N) is 1. The predicted molar refractivity (Wildman–Crippen MR) is 87.2 cm³/mol. The number of aryl methyl sites for hydroxylation is 2. The number of rotatable bonds is 2. The first kappa shape index (κ1) is 16.2. The Balaban J connectivity index is 2.16. The van der Waals surface area contributed by atoms with Gasteiger partial charge in [0, 0.05) is 30.9 Å². The van der Waals surface area contributed by atoms with Gasteiger partial charge in [0.15, 0.2) is 5.78 Å². The maximum Gasteiger partial charge on any atom is 0.277 e. The average Bonchev–Trinajstić information content (AvgIpc) is 2.76. The number of fused-ring (bicyclic) bond motifs is 1. The maximum atomic E-state index is 12.7. The number of hydrogen-bond donors (Lipinski definition) is 1. The van der Waals surface area contributed by atoms with Gasteiger partial charge in [0.1, 0.15) is 11.3 Å².